The second-order valence-corrected chi connectivity index (χ2v) is 8.16. The van der Waals surface area contributed by atoms with Gasteiger partial charge in [-0.1, -0.05) is 6.07 Å². The fourth-order valence-electron chi connectivity index (χ4n) is 3.84. The van der Waals surface area contributed by atoms with Crippen LogP contribution in [0.2, 0.25) is 0 Å². The molecule has 1 atom stereocenters. The molecule has 0 aliphatic carbocycles. The van der Waals surface area contributed by atoms with Crippen LogP contribution in [0.5, 0.6) is 0 Å². The van der Waals surface area contributed by atoms with Crippen LogP contribution in [0.4, 0.5) is 5.69 Å². The molecule has 3 heterocycles. The molecule has 2 aliphatic rings. The standard InChI is InChI=1S/C21H25N3O3S/c25-20(19-4-2-14-28-19)22-17-7-5-16(6-8-17)21(26)24-9-1-3-18(24)15-23-10-12-27-13-11-23/h2,4-8,14,18H,1,3,9-13,15H2,(H,22,25)/t18-/m1/s1. The molecule has 2 amide bonds. The van der Waals surface area contributed by atoms with Crippen LogP contribution in [0.25, 0.3) is 0 Å². The van der Waals surface area contributed by atoms with E-state index < -0.39 is 0 Å². The van der Waals surface area contributed by atoms with Gasteiger partial charge in [0.15, 0.2) is 0 Å². The highest BCUT2D eigenvalue weighted by molar-refractivity contribution is 7.12. The summed E-state index contributed by atoms with van der Waals surface area (Å²) in [5.74, 6) is -0.0499. The van der Waals surface area contributed by atoms with Crippen LogP contribution in [-0.4, -0.2) is 67.0 Å². The van der Waals surface area contributed by atoms with E-state index in [2.05, 4.69) is 10.2 Å². The van der Waals surface area contributed by atoms with Gasteiger partial charge in [0.1, 0.15) is 0 Å². The van der Waals surface area contributed by atoms with Crippen molar-refractivity contribution in [2.45, 2.75) is 18.9 Å². The molecule has 0 unspecified atom stereocenters. The van der Waals surface area contributed by atoms with Crippen molar-refractivity contribution in [3.63, 3.8) is 0 Å². The van der Waals surface area contributed by atoms with Crippen LogP contribution in [0, 0.1) is 0 Å². The van der Waals surface area contributed by atoms with Gasteiger partial charge < -0.3 is 15.0 Å². The molecule has 4 rings (SSSR count). The monoisotopic (exact) mass is 399 g/mol. The summed E-state index contributed by atoms with van der Waals surface area (Å²) in [5, 5.41) is 4.75. The number of ether oxygens (including phenoxy) is 1. The van der Waals surface area contributed by atoms with Crippen molar-refractivity contribution >= 4 is 28.8 Å². The molecule has 2 fully saturated rings. The minimum atomic E-state index is -0.126. The number of amides is 2. The smallest absolute Gasteiger partial charge is 0.265 e. The van der Waals surface area contributed by atoms with Gasteiger partial charge in [0, 0.05) is 43.5 Å². The van der Waals surface area contributed by atoms with Gasteiger partial charge in [0.05, 0.1) is 18.1 Å². The Morgan fingerprint density at radius 2 is 1.89 bits per heavy atom. The fourth-order valence-corrected chi connectivity index (χ4v) is 4.46. The topological polar surface area (TPSA) is 61.9 Å². The lowest BCUT2D eigenvalue weighted by molar-refractivity contribution is 0.0261. The van der Waals surface area contributed by atoms with Crippen LogP contribution < -0.4 is 5.32 Å². The second kappa shape index (κ2) is 8.86. The molecule has 28 heavy (non-hydrogen) atoms. The molecule has 6 nitrogen and oxygen atoms in total. The first-order chi connectivity index (χ1) is 13.7. The summed E-state index contributed by atoms with van der Waals surface area (Å²) in [4.78, 5) is 30.2. The Labute approximate surface area is 169 Å². The number of hydrogen-bond acceptors (Lipinski definition) is 5. The molecule has 0 saturated carbocycles. The number of nitrogens with zero attached hydrogens (tertiary/aromatic N) is 2. The number of thiophene rings is 1. The third-order valence-electron chi connectivity index (χ3n) is 5.35. The van der Waals surface area contributed by atoms with Gasteiger partial charge in [-0.25, -0.2) is 0 Å². The van der Waals surface area contributed by atoms with Gasteiger partial charge in [-0.15, -0.1) is 11.3 Å². The summed E-state index contributed by atoms with van der Waals surface area (Å²) in [5.41, 5.74) is 1.37. The first kappa shape index (κ1) is 19.1. The Bertz CT molecular complexity index is 801. The zero-order chi connectivity index (χ0) is 19.3. The van der Waals surface area contributed by atoms with E-state index in [1.54, 1.807) is 30.3 Å². The molecule has 2 aliphatic heterocycles. The van der Waals surface area contributed by atoms with Gasteiger partial charge in [0.25, 0.3) is 11.8 Å². The van der Waals surface area contributed by atoms with E-state index in [9.17, 15) is 9.59 Å². The molecule has 148 valence electrons. The number of benzene rings is 1. The normalized spacial score (nSPS) is 20.3. The van der Waals surface area contributed by atoms with Gasteiger partial charge >= 0.3 is 0 Å². The van der Waals surface area contributed by atoms with E-state index in [0.717, 1.165) is 52.2 Å². The van der Waals surface area contributed by atoms with Crippen molar-refractivity contribution in [2.24, 2.45) is 0 Å². The average Bonchev–Trinajstić information content (AvgIpc) is 3.41. The third-order valence-corrected chi connectivity index (χ3v) is 6.21. The molecule has 0 bridgehead atoms. The molecule has 0 spiro atoms. The predicted molar refractivity (Wildman–Crippen MR) is 110 cm³/mol. The lowest BCUT2D eigenvalue weighted by atomic mass is 10.1. The van der Waals surface area contributed by atoms with Crippen LogP contribution in [0.3, 0.4) is 0 Å². The van der Waals surface area contributed by atoms with E-state index >= 15 is 0 Å². The van der Waals surface area contributed by atoms with Gasteiger partial charge in [0.2, 0.25) is 0 Å². The van der Waals surface area contributed by atoms with Crippen molar-refractivity contribution in [3.8, 4) is 0 Å². The number of carbonyl (C=O) groups is 2. The van der Waals surface area contributed by atoms with Gasteiger partial charge in [-0.05, 0) is 48.6 Å². The van der Waals surface area contributed by atoms with Crippen molar-refractivity contribution in [1.82, 2.24) is 9.80 Å². The van der Waals surface area contributed by atoms with Crippen molar-refractivity contribution in [2.75, 3.05) is 44.7 Å². The van der Waals surface area contributed by atoms with Crippen molar-refractivity contribution in [1.29, 1.82) is 0 Å². The van der Waals surface area contributed by atoms with E-state index in [0.29, 0.717) is 16.1 Å². The number of rotatable bonds is 5. The lowest BCUT2D eigenvalue weighted by Crippen LogP contribution is -2.46. The summed E-state index contributed by atoms with van der Waals surface area (Å²) in [7, 11) is 0. The van der Waals surface area contributed by atoms with Crippen molar-refractivity contribution < 1.29 is 14.3 Å². The highest BCUT2D eigenvalue weighted by atomic mass is 32.1. The Morgan fingerprint density at radius 3 is 2.61 bits per heavy atom. The Kier molecular flexibility index (Phi) is 6.04. The van der Waals surface area contributed by atoms with Gasteiger partial charge in [-0.3, -0.25) is 14.5 Å². The minimum absolute atomic E-state index is 0.0758. The summed E-state index contributed by atoms with van der Waals surface area (Å²) in [6.45, 7) is 5.17. The lowest BCUT2D eigenvalue weighted by Gasteiger charge is -2.33. The molecule has 1 aromatic carbocycles. The molecule has 1 N–H and O–H groups in total. The number of morpholine rings is 1. The minimum Gasteiger partial charge on any atom is -0.379 e. The van der Waals surface area contributed by atoms with E-state index in [1.165, 1.54) is 11.3 Å². The largest absolute Gasteiger partial charge is 0.379 e. The Hall–Kier alpha value is -2.22. The SMILES string of the molecule is O=C(Nc1ccc(C(=O)N2CCC[C@@H]2CN2CCOCC2)cc1)c1cccs1. The number of nitrogens with one attached hydrogen (secondary N) is 1. The van der Waals surface area contributed by atoms with E-state index in [1.807, 2.05) is 16.3 Å². The second-order valence-electron chi connectivity index (χ2n) is 7.22. The quantitative estimate of drug-likeness (QED) is 0.840. The van der Waals surface area contributed by atoms with E-state index in [4.69, 9.17) is 4.74 Å². The van der Waals surface area contributed by atoms with Gasteiger partial charge in [-0.2, -0.15) is 0 Å². The first-order valence-corrected chi connectivity index (χ1v) is 10.6. The molecule has 7 heteroatoms. The Morgan fingerprint density at radius 1 is 1.11 bits per heavy atom. The molecule has 0 radical (unpaired) electrons. The summed E-state index contributed by atoms with van der Waals surface area (Å²) >= 11 is 1.40. The summed E-state index contributed by atoms with van der Waals surface area (Å²) in [6.07, 6.45) is 2.10. The summed E-state index contributed by atoms with van der Waals surface area (Å²) in [6, 6.07) is 11.1. The predicted octanol–water partition coefficient (Wildman–Crippen LogP) is 2.94. The molecule has 2 saturated heterocycles. The number of hydrogen-bond donors (Lipinski definition) is 1. The van der Waals surface area contributed by atoms with Crippen LogP contribution in [-0.2, 0) is 4.74 Å². The zero-order valence-electron chi connectivity index (χ0n) is 15.8. The van der Waals surface area contributed by atoms with Crippen molar-refractivity contribution in [3.05, 3.63) is 52.2 Å². The maximum Gasteiger partial charge on any atom is 0.265 e. The first-order valence-electron chi connectivity index (χ1n) is 9.77. The maximum atomic E-state index is 13.0. The van der Waals surface area contributed by atoms with Crippen LogP contribution in [0.1, 0.15) is 32.9 Å². The molecular formula is C21H25N3O3S. The number of anilines is 1. The molecule has 2 aromatic rings. The number of carbonyl (C=O) groups excluding carboxylic acids is 2. The highest BCUT2D eigenvalue weighted by Gasteiger charge is 2.31. The highest BCUT2D eigenvalue weighted by Crippen LogP contribution is 2.22. The third kappa shape index (κ3) is 4.43. The maximum absolute atomic E-state index is 13.0. The number of likely N-dealkylation sites (tertiary alicyclic amines) is 1. The molecular weight excluding hydrogens is 374 g/mol. The molecule has 1 aromatic heterocycles. The van der Waals surface area contributed by atoms with E-state index in [-0.39, 0.29) is 17.9 Å². The van der Waals surface area contributed by atoms with Crippen LogP contribution in [0.15, 0.2) is 41.8 Å². The zero-order valence-corrected chi connectivity index (χ0v) is 16.6. The van der Waals surface area contributed by atoms with Crippen LogP contribution >= 0.6 is 11.3 Å². The average molecular weight is 400 g/mol. The Balaban J connectivity index is 1.37. The summed E-state index contributed by atoms with van der Waals surface area (Å²) < 4.78 is 5.42. The fraction of sp³-hybridized carbons (Fsp3) is 0.429.